The summed E-state index contributed by atoms with van der Waals surface area (Å²) in [7, 11) is 0. The Morgan fingerprint density at radius 3 is 1.58 bits per heavy atom. The number of pyridine rings is 2. The molecule has 0 amide bonds. The quantitative estimate of drug-likeness (QED) is 0.668. The van der Waals surface area contributed by atoms with Crippen LogP contribution in [0.5, 0.6) is 0 Å². The van der Waals surface area contributed by atoms with E-state index in [4.69, 9.17) is 10.2 Å². The number of hydrogen-bond acceptors (Lipinski definition) is 4. The number of aromatic carboxylic acids is 2. The van der Waals surface area contributed by atoms with Crippen LogP contribution in [-0.4, -0.2) is 32.1 Å². The van der Waals surface area contributed by atoms with Crippen molar-refractivity contribution in [1.29, 1.82) is 0 Å². The van der Waals surface area contributed by atoms with Crippen LogP contribution in [0.4, 0.5) is 0 Å². The molecule has 0 unspecified atom stereocenters. The van der Waals surface area contributed by atoms with Gasteiger partial charge in [0.25, 0.3) is 0 Å². The van der Waals surface area contributed by atoms with E-state index in [9.17, 15) is 9.59 Å². The van der Waals surface area contributed by atoms with Crippen LogP contribution in [0.25, 0.3) is 11.4 Å². The van der Waals surface area contributed by atoms with Crippen LogP contribution in [0.2, 0.25) is 0 Å². The van der Waals surface area contributed by atoms with Gasteiger partial charge in [-0.2, -0.15) is 0 Å². The third-order valence-electron chi connectivity index (χ3n) is 2.28. The van der Waals surface area contributed by atoms with Crippen molar-refractivity contribution in [3.63, 3.8) is 0 Å². The molecule has 2 rings (SSSR count). The van der Waals surface area contributed by atoms with Gasteiger partial charge in [-0.3, -0.25) is 9.97 Å². The number of hydrogen-bond donors (Lipinski definition) is 2. The van der Waals surface area contributed by atoms with E-state index >= 15 is 0 Å². The van der Waals surface area contributed by atoms with Gasteiger partial charge in [-0.05, 0) is 24.3 Å². The Morgan fingerprint density at radius 1 is 0.895 bits per heavy atom. The summed E-state index contributed by atoms with van der Waals surface area (Å²) in [4.78, 5) is 29.6. The zero-order valence-electron chi connectivity index (χ0n) is 11.1. The van der Waals surface area contributed by atoms with Gasteiger partial charge in [0.2, 0.25) is 0 Å². The van der Waals surface area contributed by atoms with Gasteiger partial charge < -0.3 is 11.6 Å². The monoisotopic (exact) mass is 268 g/mol. The number of nitrogens with zero attached hydrogens (tertiary/aromatic N) is 2. The number of carboxylic acid groups (broad SMARTS) is 2. The first-order chi connectivity index (χ1) is 8.58. The topological polar surface area (TPSA) is 100 Å². The van der Waals surface area contributed by atoms with Crippen LogP contribution >= 0.6 is 0 Å². The normalized spacial score (nSPS) is 9.47. The Kier molecular flexibility index (Phi) is 5.17. The second kappa shape index (κ2) is 6.42. The fourth-order valence-corrected chi connectivity index (χ4v) is 1.41. The smallest absolute Gasteiger partial charge is 1.00 e. The van der Waals surface area contributed by atoms with E-state index < -0.39 is 11.9 Å². The van der Waals surface area contributed by atoms with Gasteiger partial charge >= 0.3 is 41.5 Å². The number of carboxylic acids is 2. The Balaban J connectivity index is 0.00000180. The molecule has 2 aromatic rings. The number of aromatic nitrogens is 2. The van der Waals surface area contributed by atoms with Crippen molar-refractivity contribution in [3.05, 3.63) is 47.8 Å². The van der Waals surface area contributed by atoms with Gasteiger partial charge in [0, 0.05) is 12.4 Å². The first kappa shape index (κ1) is 15.3. The molecule has 0 aliphatic rings. The molecule has 0 aliphatic carbocycles. The van der Waals surface area contributed by atoms with Crippen molar-refractivity contribution in [3.8, 4) is 11.4 Å². The molecular weight excluding hydrogens is 259 g/mol. The molecule has 0 bridgehead atoms. The summed E-state index contributed by atoms with van der Waals surface area (Å²) in [6.45, 7) is 0. The van der Waals surface area contributed by atoms with Crippen LogP contribution in [0.1, 0.15) is 22.1 Å². The molecule has 2 N–H and O–H groups in total. The van der Waals surface area contributed by atoms with Crippen molar-refractivity contribution in [1.82, 2.24) is 9.97 Å². The van der Waals surface area contributed by atoms with Gasteiger partial charge in [0.15, 0.2) is 0 Å². The van der Waals surface area contributed by atoms with Crippen LogP contribution in [0.15, 0.2) is 36.7 Å². The summed E-state index contributed by atoms with van der Waals surface area (Å²) in [5.74, 6) is -2.15. The van der Waals surface area contributed by atoms with Crippen molar-refractivity contribution < 1.29 is 50.8 Å². The molecule has 2 aromatic heterocycles. The van der Waals surface area contributed by atoms with E-state index in [1.54, 1.807) is 0 Å². The summed E-state index contributed by atoms with van der Waals surface area (Å²) in [5.41, 5.74) is 0.779. The maximum absolute atomic E-state index is 10.8. The average molecular weight is 268 g/mol. The molecule has 0 saturated heterocycles. The first-order valence-corrected chi connectivity index (χ1v) is 4.97. The molecular formula is C12H9N2NaO4. The summed E-state index contributed by atoms with van der Waals surface area (Å²) < 4.78 is 0. The number of carbonyl (C=O) groups is 2. The Morgan fingerprint density at radius 2 is 1.26 bits per heavy atom. The van der Waals surface area contributed by atoms with E-state index in [0.717, 1.165) is 0 Å². The second-order valence-corrected chi connectivity index (χ2v) is 3.47. The van der Waals surface area contributed by atoms with E-state index in [-0.39, 0.29) is 42.1 Å². The summed E-state index contributed by atoms with van der Waals surface area (Å²) in [6.07, 6.45) is 2.68. The van der Waals surface area contributed by atoms with Gasteiger partial charge in [0.05, 0.1) is 22.5 Å². The third kappa shape index (κ3) is 3.60. The molecule has 0 atom stereocenters. The minimum absolute atomic E-state index is 0. The summed E-state index contributed by atoms with van der Waals surface area (Å²) >= 11 is 0. The minimum Gasteiger partial charge on any atom is -1.00 e. The van der Waals surface area contributed by atoms with E-state index in [0.29, 0.717) is 11.4 Å². The summed E-state index contributed by atoms with van der Waals surface area (Å²) in [6, 6.07) is 5.40. The predicted molar refractivity (Wildman–Crippen MR) is 62.5 cm³/mol. The van der Waals surface area contributed by atoms with Crippen LogP contribution in [0.3, 0.4) is 0 Å². The van der Waals surface area contributed by atoms with Crippen molar-refractivity contribution in [2.24, 2.45) is 0 Å². The molecule has 6 nitrogen and oxygen atoms in total. The standard InChI is InChI=1S/C12H8N2O4.Na.H/c15-11(16)7-1-3-13-9(5-7)10-6-8(12(17)18)2-4-14-10;;/h1-6H,(H,15,16)(H,17,18);;/q;+1;-1. The van der Waals surface area contributed by atoms with Crippen LogP contribution in [-0.2, 0) is 0 Å². The Hall–Kier alpha value is -1.76. The van der Waals surface area contributed by atoms with Crippen LogP contribution < -0.4 is 29.6 Å². The van der Waals surface area contributed by atoms with Gasteiger partial charge in [0.1, 0.15) is 0 Å². The average Bonchev–Trinajstić information content (AvgIpc) is 2.39. The Labute approximate surface area is 131 Å². The number of rotatable bonds is 3. The fourth-order valence-electron chi connectivity index (χ4n) is 1.41. The van der Waals surface area contributed by atoms with Crippen molar-refractivity contribution >= 4 is 11.9 Å². The zero-order valence-corrected chi connectivity index (χ0v) is 12.1. The zero-order chi connectivity index (χ0) is 13.1. The largest absolute Gasteiger partial charge is 1.00 e. The maximum Gasteiger partial charge on any atom is 1.00 e. The minimum atomic E-state index is -1.08. The molecule has 0 saturated carbocycles. The molecule has 0 fully saturated rings. The molecule has 0 aliphatic heterocycles. The SMILES string of the molecule is O=C(O)c1ccnc(-c2cc(C(=O)O)ccn2)c1.[H-].[Na+]. The molecule has 0 aromatic carbocycles. The maximum atomic E-state index is 10.8. The van der Waals surface area contributed by atoms with E-state index in [2.05, 4.69) is 9.97 Å². The molecule has 0 radical (unpaired) electrons. The second-order valence-electron chi connectivity index (χ2n) is 3.47. The molecule has 92 valence electrons. The van der Waals surface area contributed by atoms with Gasteiger partial charge in [-0.1, -0.05) is 0 Å². The molecule has 2 heterocycles. The third-order valence-corrected chi connectivity index (χ3v) is 2.28. The first-order valence-electron chi connectivity index (χ1n) is 4.97. The molecule has 0 spiro atoms. The molecule has 7 heteroatoms. The van der Waals surface area contributed by atoms with Crippen LogP contribution in [0, 0.1) is 0 Å². The van der Waals surface area contributed by atoms with E-state index in [1.807, 2.05) is 0 Å². The molecule has 19 heavy (non-hydrogen) atoms. The van der Waals surface area contributed by atoms with Crippen molar-refractivity contribution in [2.75, 3.05) is 0 Å². The van der Waals surface area contributed by atoms with Gasteiger partial charge in [-0.25, -0.2) is 9.59 Å². The van der Waals surface area contributed by atoms with Gasteiger partial charge in [-0.15, -0.1) is 0 Å². The van der Waals surface area contributed by atoms with Crippen molar-refractivity contribution in [2.45, 2.75) is 0 Å². The van der Waals surface area contributed by atoms with E-state index in [1.165, 1.54) is 36.7 Å². The Bertz CT molecular complexity index is 581. The fraction of sp³-hybridized carbons (Fsp3) is 0. The summed E-state index contributed by atoms with van der Waals surface area (Å²) in [5, 5.41) is 17.7. The predicted octanol–water partition coefficient (Wildman–Crippen LogP) is -1.34.